The van der Waals surface area contributed by atoms with Crippen LogP contribution in [0.1, 0.15) is 26.2 Å². The van der Waals surface area contributed by atoms with Gasteiger partial charge >= 0.3 is 0 Å². The van der Waals surface area contributed by atoms with Crippen molar-refractivity contribution in [2.75, 3.05) is 64.3 Å². The number of anilines is 1. The SMILES string of the molecule is CCN(CCN(C)CC(=O)N1CCN(C2CCC2)CC1)c1ccc(-c2ccc(Cl)c(Cl)c2)nn1. The van der Waals surface area contributed by atoms with Gasteiger partial charge in [0.2, 0.25) is 5.91 Å². The van der Waals surface area contributed by atoms with Gasteiger partial charge in [-0.25, -0.2) is 0 Å². The van der Waals surface area contributed by atoms with Gasteiger partial charge in [0.15, 0.2) is 5.82 Å². The van der Waals surface area contributed by atoms with E-state index in [-0.39, 0.29) is 5.91 Å². The van der Waals surface area contributed by atoms with Crippen LogP contribution < -0.4 is 4.90 Å². The van der Waals surface area contributed by atoms with Crippen molar-refractivity contribution in [2.45, 2.75) is 32.2 Å². The van der Waals surface area contributed by atoms with Crippen LogP contribution in [0.5, 0.6) is 0 Å². The van der Waals surface area contributed by atoms with Gasteiger partial charge in [-0.05, 0) is 51.1 Å². The van der Waals surface area contributed by atoms with Crippen LogP contribution in [0.2, 0.25) is 10.0 Å². The third kappa shape index (κ3) is 6.19. The first-order chi connectivity index (χ1) is 16.4. The van der Waals surface area contributed by atoms with Crippen LogP contribution in [0.3, 0.4) is 0 Å². The van der Waals surface area contributed by atoms with Crippen LogP contribution in [0, 0.1) is 0 Å². The molecule has 9 heteroatoms. The normalized spacial score (nSPS) is 17.1. The molecule has 1 aliphatic carbocycles. The van der Waals surface area contributed by atoms with E-state index in [1.807, 2.05) is 30.1 Å². The summed E-state index contributed by atoms with van der Waals surface area (Å²) in [6.45, 7) is 8.64. The molecule has 0 N–H and O–H groups in total. The average Bonchev–Trinajstić information content (AvgIpc) is 2.81. The molecule has 7 nitrogen and oxygen atoms in total. The number of amides is 1. The van der Waals surface area contributed by atoms with Crippen LogP contribution in [-0.2, 0) is 4.79 Å². The molecule has 1 saturated carbocycles. The van der Waals surface area contributed by atoms with E-state index in [2.05, 4.69) is 31.8 Å². The molecule has 1 saturated heterocycles. The number of carbonyl (C=O) groups excluding carboxylic acids is 1. The highest BCUT2D eigenvalue weighted by Crippen LogP contribution is 2.28. The molecule has 0 spiro atoms. The monoisotopic (exact) mass is 504 g/mol. The van der Waals surface area contributed by atoms with E-state index >= 15 is 0 Å². The summed E-state index contributed by atoms with van der Waals surface area (Å²) in [6.07, 6.45) is 4.01. The van der Waals surface area contributed by atoms with E-state index in [4.69, 9.17) is 23.2 Å². The summed E-state index contributed by atoms with van der Waals surface area (Å²) in [5.74, 6) is 1.04. The van der Waals surface area contributed by atoms with E-state index in [9.17, 15) is 4.79 Å². The fourth-order valence-electron chi connectivity index (χ4n) is 4.53. The minimum atomic E-state index is 0.226. The highest BCUT2D eigenvalue weighted by atomic mass is 35.5. The molecular weight excluding hydrogens is 471 g/mol. The number of hydrogen-bond donors (Lipinski definition) is 0. The minimum Gasteiger partial charge on any atom is -0.354 e. The van der Waals surface area contributed by atoms with Gasteiger partial charge in [0, 0.05) is 57.4 Å². The Morgan fingerprint density at radius 2 is 1.79 bits per heavy atom. The molecule has 0 bridgehead atoms. The maximum atomic E-state index is 12.8. The molecule has 4 rings (SSSR count). The maximum absolute atomic E-state index is 12.8. The van der Waals surface area contributed by atoms with Crippen LogP contribution in [0.15, 0.2) is 30.3 Å². The highest BCUT2D eigenvalue weighted by molar-refractivity contribution is 6.42. The van der Waals surface area contributed by atoms with Crippen molar-refractivity contribution in [1.29, 1.82) is 0 Å². The van der Waals surface area contributed by atoms with Gasteiger partial charge in [0.05, 0.1) is 22.3 Å². The quantitative estimate of drug-likeness (QED) is 0.515. The number of rotatable bonds is 9. The standard InChI is InChI=1S/C25H34Cl2N6O/c1-3-31(24-10-9-23(28-29-24)19-7-8-21(26)22(27)17-19)12-11-30(2)18-25(34)33-15-13-32(14-16-33)20-5-4-6-20/h7-10,17,20H,3-6,11-16,18H2,1-2H3. The predicted molar refractivity (Wildman–Crippen MR) is 139 cm³/mol. The van der Waals surface area contributed by atoms with Crippen LogP contribution in [-0.4, -0.2) is 96.3 Å². The number of piperazine rings is 1. The van der Waals surface area contributed by atoms with Gasteiger partial charge in [-0.15, -0.1) is 10.2 Å². The molecule has 34 heavy (non-hydrogen) atoms. The van der Waals surface area contributed by atoms with Crippen molar-refractivity contribution < 1.29 is 4.79 Å². The molecule has 0 radical (unpaired) electrons. The van der Waals surface area contributed by atoms with Crippen molar-refractivity contribution in [3.8, 4) is 11.3 Å². The Morgan fingerprint density at radius 1 is 1.03 bits per heavy atom. The largest absolute Gasteiger partial charge is 0.354 e. The molecule has 1 aromatic carbocycles. The second-order valence-corrected chi connectivity index (χ2v) is 10.0. The van der Waals surface area contributed by atoms with Gasteiger partial charge in [-0.3, -0.25) is 14.6 Å². The van der Waals surface area contributed by atoms with E-state index in [0.717, 1.165) is 68.9 Å². The van der Waals surface area contributed by atoms with Crippen LogP contribution >= 0.6 is 23.2 Å². The van der Waals surface area contributed by atoms with Crippen molar-refractivity contribution >= 4 is 34.9 Å². The molecule has 1 aliphatic heterocycles. The van der Waals surface area contributed by atoms with Gasteiger partial charge in [0.1, 0.15) is 0 Å². The lowest BCUT2D eigenvalue weighted by atomic mass is 9.91. The zero-order valence-corrected chi connectivity index (χ0v) is 21.6. The summed E-state index contributed by atoms with van der Waals surface area (Å²) < 4.78 is 0. The predicted octanol–water partition coefficient (Wildman–Crippen LogP) is 3.91. The highest BCUT2D eigenvalue weighted by Gasteiger charge is 2.29. The number of halogens is 2. The number of benzene rings is 1. The van der Waals surface area contributed by atoms with E-state index in [1.54, 1.807) is 12.1 Å². The first kappa shape index (κ1) is 25.2. The molecule has 0 unspecified atom stereocenters. The summed E-state index contributed by atoms with van der Waals surface area (Å²) in [5.41, 5.74) is 1.63. The Morgan fingerprint density at radius 3 is 2.38 bits per heavy atom. The minimum absolute atomic E-state index is 0.226. The van der Waals surface area contributed by atoms with Gasteiger partial charge in [-0.2, -0.15) is 0 Å². The lowest BCUT2D eigenvalue weighted by molar-refractivity contribution is -0.134. The van der Waals surface area contributed by atoms with Crippen LogP contribution in [0.25, 0.3) is 11.3 Å². The molecule has 1 amide bonds. The van der Waals surface area contributed by atoms with Gasteiger partial charge in [-0.1, -0.05) is 35.7 Å². The molecule has 2 fully saturated rings. The Labute approximate surface area is 212 Å². The molecule has 0 atom stereocenters. The number of likely N-dealkylation sites (N-methyl/N-ethyl adjacent to an activating group) is 2. The smallest absolute Gasteiger partial charge is 0.236 e. The Balaban J connectivity index is 1.24. The Kier molecular flexibility index (Phi) is 8.64. The summed E-state index contributed by atoms with van der Waals surface area (Å²) in [7, 11) is 2.01. The summed E-state index contributed by atoms with van der Waals surface area (Å²) >= 11 is 12.1. The molecule has 2 aromatic rings. The molecule has 1 aromatic heterocycles. The summed E-state index contributed by atoms with van der Waals surface area (Å²) in [6, 6.07) is 10.1. The summed E-state index contributed by atoms with van der Waals surface area (Å²) in [4.78, 5) is 21.6. The zero-order valence-electron chi connectivity index (χ0n) is 20.1. The summed E-state index contributed by atoms with van der Waals surface area (Å²) in [5, 5.41) is 9.82. The molecule has 2 heterocycles. The first-order valence-electron chi connectivity index (χ1n) is 12.2. The van der Waals surface area contributed by atoms with Gasteiger partial charge in [0.25, 0.3) is 0 Å². The first-order valence-corrected chi connectivity index (χ1v) is 12.9. The van der Waals surface area contributed by atoms with Crippen molar-refractivity contribution in [1.82, 2.24) is 24.9 Å². The second-order valence-electron chi connectivity index (χ2n) is 9.22. The average molecular weight is 505 g/mol. The van der Waals surface area contributed by atoms with E-state index in [1.165, 1.54) is 19.3 Å². The van der Waals surface area contributed by atoms with E-state index < -0.39 is 0 Å². The van der Waals surface area contributed by atoms with Crippen molar-refractivity contribution in [3.63, 3.8) is 0 Å². The number of nitrogens with zero attached hydrogens (tertiary/aromatic N) is 6. The lowest BCUT2D eigenvalue weighted by Crippen LogP contribution is -2.55. The fourth-order valence-corrected chi connectivity index (χ4v) is 4.83. The second kappa shape index (κ2) is 11.7. The molecule has 184 valence electrons. The third-order valence-electron chi connectivity index (χ3n) is 6.99. The van der Waals surface area contributed by atoms with Crippen LogP contribution in [0.4, 0.5) is 5.82 Å². The number of aromatic nitrogens is 2. The number of carbonyl (C=O) groups is 1. The topological polar surface area (TPSA) is 55.8 Å². The van der Waals surface area contributed by atoms with Gasteiger partial charge < -0.3 is 9.80 Å². The lowest BCUT2D eigenvalue weighted by Gasteiger charge is -2.43. The maximum Gasteiger partial charge on any atom is 0.236 e. The molecular formula is C25H34Cl2N6O. The number of hydrogen-bond acceptors (Lipinski definition) is 6. The Bertz CT molecular complexity index is 960. The zero-order chi connectivity index (χ0) is 24.1. The van der Waals surface area contributed by atoms with Crippen molar-refractivity contribution in [2.24, 2.45) is 0 Å². The fraction of sp³-hybridized carbons (Fsp3) is 0.560. The molecule has 2 aliphatic rings. The van der Waals surface area contributed by atoms with E-state index in [0.29, 0.717) is 16.6 Å². The third-order valence-corrected chi connectivity index (χ3v) is 7.73. The van der Waals surface area contributed by atoms with Crippen molar-refractivity contribution in [3.05, 3.63) is 40.4 Å². The Hall–Kier alpha value is -1.93.